The Bertz CT molecular complexity index is 822. The lowest BCUT2D eigenvalue weighted by molar-refractivity contribution is 0.478. The van der Waals surface area contributed by atoms with Crippen LogP contribution in [-0.4, -0.2) is 18.4 Å². The quantitative estimate of drug-likeness (QED) is 0.608. The van der Waals surface area contributed by atoms with Gasteiger partial charge >= 0.3 is 0 Å². The fraction of sp³-hybridized carbons (Fsp3) is 0.524. The molecule has 1 saturated carbocycles. The zero-order valence-electron chi connectivity index (χ0n) is 16.8. The maximum atomic E-state index is 6.31. The second kappa shape index (κ2) is 6.78. The third-order valence-corrected chi connectivity index (χ3v) is 7.79. The molecule has 0 bridgehead atoms. The first kappa shape index (κ1) is 18.7. The van der Waals surface area contributed by atoms with E-state index in [1.807, 2.05) is 23.5 Å². The molecule has 0 radical (unpaired) electrons. The van der Waals surface area contributed by atoms with Gasteiger partial charge in [0.05, 0.1) is 17.3 Å². The number of hydrazine groups is 1. The zero-order valence-corrected chi connectivity index (χ0v) is 17.6. The van der Waals surface area contributed by atoms with Gasteiger partial charge in [0.2, 0.25) is 0 Å². The monoisotopic (exact) mass is 385 g/mol. The molecule has 6 atom stereocenters. The SMILES string of the molecule is Cc1sc(N2C(C)NNC2C2C(C)C2N)c(C(C)c2ccc(N)cc2)c1C. The van der Waals surface area contributed by atoms with Crippen molar-refractivity contribution >= 4 is 22.0 Å². The summed E-state index contributed by atoms with van der Waals surface area (Å²) in [6, 6.07) is 8.56. The fourth-order valence-corrected chi connectivity index (χ4v) is 5.84. The van der Waals surface area contributed by atoms with Gasteiger partial charge in [-0.05, 0) is 55.5 Å². The fourth-order valence-electron chi connectivity index (χ4n) is 4.47. The van der Waals surface area contributed by atoms with Crippen molar-refractivity contribution in [2.75, 3.05) is 10.6 Å². The van der Waals surface area contributed by atoms with Crippen molar-refractivity contribution in [2.45, 2.75) is 58.9 Å². The van der Waals surface area contributed by atoms with Gasteiger partial charge in [-0.1, -0.05) is 26.0 Å². The van der Waals surface area contributed by atoms with Crippen LogP contribution in [0.4, 0.5) is 10.7 Å². The molecular weight excluding hydrogens is 354 g/mol. The molecular formula is C21H31N5S. The lowest BCUT2D eigenvalue weighted by Gasteiger charge is -2.30. The minimum absolute atomic E-state index is 0.227. The van der Waals surface area contributed by atoms with Crippen molar-refractivity contribution < 1.29 is 0 Å². The minimum Gasteiger partial charge on any atom is -0.399 e. The van der Waals surface area contributed by atoms with Crippen molar-refractivity contribution in [3.63, 3.8) is 0 Å². The van der Waals surface area contributed by atoms with E-state index < -0.39 is 0 Å². The summed E-state index contributed by atoms with van der Waals surface area (Å²) in [5.41, 5.74) is 24.1. The summed E-state index contributed by atoms with van der Waals surface area (Å²) in [4.78, 5) is 3.90. The number of nitrogens with zero attached hydrogens (tertiary/aromatic N) is 1. The van der Waals surface area contributed by atoms with E-state index in [1.54, 1.807) is 0 Å². The highest BCUT2D eigenvalue weighted by Crippen LogP contribution is 2.48. The summed E-state index contributed by atoms with van der Waals surface area (Å²) in [5.74, 6) is 1.34. The molecule has 2 fully saturated rings. The summed E-state index contributed by atoms with van der Waals surface area (Å²) >= 11 is 1.90. The summed E-state index contributed by atoms with van der Waals surface area (Å²) < 4.78 is 0. The molecule has 6 N–H and O–H groups in total. The summed E-state index contributed by atoms with van der Waals surface area (Å²) in [6.45, 7) is 11.2. The normalized spacial score (nSPS) is 31.3. The molecule has 2 aliphatic rings. The number of aryl methyl sites for hydroxylation is 1. The maximum absolute atomic E-state index is 6.31. The van der Waals surface area contributed by atoms with E-state index >= 15 is 0 Å². The molecule has 0 amide bonds. The highest BCUT2D eigenvalue weighted by atomic mass is 32.1. The summed E-state index contributed by atoms with van der Waals surface area (Å²) in [7, 11) is 0. The molecule has 1 aliphatic heterocycles. The Morgan fingerprint density at radius 3 is 2.33 bits per heavy atom. The van der Waals surface area contributed by atoms with Crippen molar-refractivity contribution in [3.05, 3.63) is 45.8 Å². The van der Waals surface area contributed by atoms with Crippen LogP contribution in [0, 0.1) is 25.7 Å². The molecule has 1 aromatic heterocycles. The van der Waals surface area contributed by atoms with E-state index in [0.29, 0.717) is 17.8 Å². The van der Waals surface area contributed by atoms with Crippen LogP contribution in [0.25, 0.3) is 0 Å². The molecule has 6 unspecified atom stereocenters. The van der Waals surface area contributed by atoms with Crippen molar-refractivity contribution in [3.8, 4) is 0 Å². The van der Waals surface area contributed by atoms with Gasteiger partial charge in [0.1, 0.15) is 0 Å². The van der Waals surface area contributed by atoms with Crippen molar-refractivity contribution in [1.82, 2.24) is 10.9 Å². The number of nitrogens with two attached hydrogens (primary N) is 2. The Labute approximate surface area is 166 Å². The third-order valence-electron chi connectivity index (χ3n) is 6.56. The van der Waals surface area contributed by atoms with E-state index in [2.05, 4.69) is 62.5 Å². The molecule has 1 saturated heterocycles. The third kappa shape index (κ3) is 3.05. The lowest BCUT2D eigenvalue weighted by atomic mass is 9.91. The first-order valence-electron chi connectivity index (χ1n) is 9.81. The van der Waals surface area contributed by atoms with Crippen LogP contribution in [0.15, 0.2) is 24.3 Å². The molecule has 1 aliphatic carbocycles. The molecule has 4 rings (SSSR count). The summed E-state index contributed by atoms with van der Waals surface area (Å²) in [6.07, 6.45) is 0.463. The maximum Gasteiger partial charge on any atom is 0.0992 e. The molecule has 2 heterocycles. The summed E-state index contributed by atoms with van der Waals surface area (Å²) in [5, 5.41) is 1.36. The smallest absolute Gasteiger partial charge is 0.0992 e. The van der Waals surface area contributed by atoms with Crippen molar-refractivity contribution in [1.29, 1.82) is 0 Å². The second-order valence-corrected chi connectivity index (χ2v) is 9.42. The Morgan fingerprint density at radius 1 is 1.11 bits per heavy atom. The largest absolute Gasteiger partial charge is 0.399 e. The van der Waals surface area contributed by atoms with Crippen LogP contribution < -0.4 is 27.2 Å². The van der Waals surface area contributed by atoms with Gasteiger partial charge < -0.3 is 16.4 Å². The van der Waals surface area contributed by atoms with Crippen LogP contribution in [0.5, 0.6) is 0 Å². The Balaban J connectivity index is 1.75. The van der Waals surface area contributed by atoms with Gasteiger partial charge in [0.15, 0.2) is 0 Å². The van der Waals surface area contributed by atoms with Crippen molar-refractivity contribution in [2.24, 2.45) is 17.6 Å². The van der Waals surface area contributed by atoms with E-state index in [0.717, 1.165) is 5.69 Å². The van der Waals surface area contributed by atoms with E-state index in [-0.39, 0.29) is 18.4 Å². The minimum atomic E-state index is 0.227. The Kier molecular flexibility index (Phi) is 4.71. The second-order valence-electron chi connectivity index (χ2n) is 8.22. The highest BCUT2D eigenvalue weighted by Gasteiger charge is 2.53. The van der Waals surface area contributed by atoms with E-state index in [1.165, 1.54) is 26.6 Å². The van der Waals surface area contributed by atoms with Crippen LogP contribution in [0.2, 0.25) is 0 Å². The predicted molar refractivity (Wildman–Crippen MR) is 115 cm³/mol. The molecule has 2 aromatic rings. The van der Waals surface area contributed by atoms with E-state index in [9.17, 15) is 0 Å². The number of hydrogen-bond acceptors (Lipinski definition) is 6. The topological polar surface area (TPSA) is 79.3 Å². The van der Waals surface area contributed by atoms with Gasteiger partial charge in [-0.3, -0.25) is 0 Å². The van der Waals surface area contributed by atoms with Gasteiger partial charge in [0, 0.05) is 28.4 Å². The van der Waals surface area contributed by atoms with Crippen LogP contribution in [-0.2, 0) is 0 Å². The number of thiophene rings is 1. The van der Waals surface area contributed by atoms with Gasteiger partial charge in [-0.15, -0.1) is 11.3 Å². The highest BCUT2D eigenvalue weighted by molar-refractivity contribution is 7.16. The first-order valence-corrected chi connectivity index (χ1v) is 10.6. The first-order chi connectivity index (χ1) is 12.8. The van der Waals surface area contributed by atoms with Gasteiger partial charge in [0.25, 0.3) is 0 Å². The standard InChI is InChI=1S/C21H31N5S/c1-10-13(4)27-21(17(10)11(2)15-6-8-16(22)9-7-15)26-14(5)24-25-20(26)18-12(3)19(18)23/h6-9,11-12,14,18-20,24-25H,22-23H2,1-5H3. The predicted octanol–water partition coefficient (Wildman–Crippen LogP) is 3.28. The van der Waals surface area contributed by atoms with Crippen LogP contribution in [0.3, 0.4) is 0 Å². The molecule has 146 valence electrons. The molecule has 1 aromatic carbocycles. The van der Waals surface area contributed by atoms with Crippen LogP contribution >= 0.6 is 11.3 Å². The average Bonchev–Trinajstić information content (AvgIpc) is 2.93. The number of nitrogens with one attached hydrogen (secondary N) is 2. The molecule has 6 heteroatoms. The zero-order chi connectivity index (χ0) is 19.5. The van der Waals surface area contributed by atoms with Gasteiger partial charge in [-0.2, -0.15) is 0 Å². The molecule has 0 spiro atoms. The number of hydrogen-bond donors (Lipinski definition) is 4. The number of benzene rings is 1. The lowest BCUT2D eigenvalue weighted by Crippen LogP contribution is -2.42. The van der Waals surface area contributed by atoms with E-state index in [4.69, 9.17) is 11.5 Å². The Hall–Kier alpha value is -1.60. The number of rotatable bonds is 4. The Morgan fingerprint density at radius 2 is 1.74 bits per heavy atom. The van der Waals surface area contributed by atoms with Crippen LogP contribution in [0.1, 0.15) is 48.3 Å². The van der Waals surface area contributed by atoms with Gasteiger partial charge in [-0.25, -0.2) is 10.9 Å². The number of nitrogen functional groups attached to an aromatic ring is 1. The number of anilines is 2. The molecule has 5 nitrogen and oxygen atoms in total. The average molecular weight is 386 g/mol. The molecule has 27 heavy (non-hydrogen) atoms.